The summed E-state index contributed by atoms with van der Waals surface area (Å²) in [5.74, 6) is 0. The minimum atomic E-state index is 0.605. The minimum absolute atomic E-state index is 0.605. The Balaban J connectivity index is 3.51. The van der Waals surface area contributed by atoms with Crippen LogP contribution in [0.2, 0.25) is 0 Å². The molecular formula is C24H52N2O6. The van der Waals surface area contributed by atoms with Crippen molar-refractivity contribution in [3.05, 3.63) is 0 Å². The molecule has 0 saturated carbocycles. The van der Waals surface area contributed by atoms with E-state index in [0.29, 0.717) is 46.2 Å². The molecule has 0 amide bonds. The SMILES string of the molecule is CCCOCCOCCN(CCC)CCOCCOCCOCCN(CCC)CCOC. The smallest absolute Gasteiger partial charge is 0.0701 e. The number of hydrogen-bond donors (Lipinski definition) is 0. The van der Waals surface area contributed by atoms with E-state index >= 15 is 0 Å². The summed E-state index contributed by atoms with van der Waals surface area (Å²) in [6.45, 7) is 20.0. The van der Waals surface area contributed by atoms with Crippen LogP contribution in [0.15, 0.2) is 0 Å². The maximum Gasteiger partial charge on any atom is 0.0701 e. The summed E-state index contributed by atoms with van der Waals surface area (Å²) in [6.07, 6.45) is 3.33. The molecule has 0 aromatic rings. The Morgan fingerprint density at radius 2 is 0.719 bits per heavy atom. The Labute approximate surface area is 197 Å². The molecule has 0 saturated heterocycles. The van der Waals surface area contributed by atoms with Gasteiger partial charge in [-0.15, -0.1) is 0 Å². The van der Waals surface area contributed by atoms with Gasteiger partial charge in [-0.05, 0) is 32.4 Å². The van der Waals surface area contributed by atoms with Gasteiger partial charge < -0.3 is 28.4 Å². The molecule has 0 N–H and O–H groups in total. The monoisotopic (exact) mass is 464 g/mol. The summed E-state index contributed by atoms with van der Waals surface area (Å²) in [7, 11) is 1.74. The molecule has 0 atom stereocenters. The van der Waals surface area contributed by atoms with Gasteiger partial charge in [-0.3, -0.25) is 9.80 Å². The summed E-state index contributed by atoms with van der Waals surface area (Å²) in [5, 5.41) is 0. The molecule has 8 nitrogen and oxygen atoms in total. The second-order valence-electron chi connectivity index (χ2n) is 7.74. The van der Waals surface area contributed by atoms with Gasteiger partial charge in [-0.2, -0.15) is 0 Å². The normalized spacial score (nSPS) is 11.8. The Kier molecular flexibility index (Phi) is 26.7. The largest absolute Gasteiger partial charge is 0.383 e. The zero-order valence-electron chi connectivity index (χ0n) is 21.5. The third-order valence-electron chi connectivity index (χ3n) is 4.81. The van der Waals surface area contributed by atoms with Crippen LogP contribution >= 0.6 is 0 Å². The molecule has 0 aliphatic heterocycles. The molecular weight excluding hydrogens is 412 g/mol. The Bertz CT molecular complexity index is 352. The van der Waals surface area contributed by atoms with Gasteiger partial charge in [0.2, 0.25) is 0 Å². The van der Waals surface area contributed by atoms with Gasteiger partial charge in [0.25, 0.3) is 0 Å². The molecule has 0 aromatic heterocycles. The van der Waals surface area contributed by atoms with Crippen LogP contribution < -0.4 is 0 Å². The molecule has 0 heterocycles. The molecule has 32 heavy (non-hydrogen) atoms. The highest BCUT2D eigenvalue weighted by molar-refractivity contribution is 4.57. The van der Waals surface area contributed by atoms with Crippen molar-refractivity contribution >= 4 is 0 Å². The standard InChI is InChI=1S/C24H52N2O6/c1-5-8-25(10-15-27-4)11-16-30-21-23-32-24-22-31-18-13-26(9-6-2)12-17-29-20-19-28-14-7-3/h5-24H2,1-4H3. The van der Waals surface area contributed by atoms with Crippen molar-refractivity contribution in [2.24, 2.45) is 0 Å². The minimum Gasteiger partial charge on any atom is -0.383 e. The van der Waals surface area contributed by atoms with Crippen LogP contribution in [0, 0.1) is 0 Å². The van der Waals surface area contributed by atoms with Crippen molar-refractivity contribution in [2.75, 3.05) is 119 Å². The number of hydrogen-bond acceptors (Lipinski definition) is 8. The lowest BCUT2D eigenvalue weighted by Crippen LogP contribution is -2.32. The summed E-state index contributed by atoms with van der Waals surface area (Å²) in [4.78, 5) is 4.75. The number of methoxy groups -OCH3 is 1. The molecule has 0 aliphatic rings. The summed E-state index contributed by atoms with van der Waals surface area (Å²) < 4.78 is 33.2. The molecule has 8 heteroatoms. The topological polar surface area (TPSA) is 61.9 Å². The van der Waals surface area contributed by atoms with Crippen molar-refractivity contribution in [3.8, 4) is 0 Å². The van der Waals surface area contributed by atoms with E-state index in [0.717, 1.165) is 85.0 Å². The molecule has 0 aromatic carbocycles. The second kappa shape index (κ2) is 26.9. The van der Waals surface area contributed by atoms with Crippen LogP contribution in [0.1, 0.15) is 40.0 Å². The third-order valence-corrected chi connectivity index (χ3v) is 4.81. The predicted octanol–water partition coefficient (Wildman–Crippen LogP) is 2.55. The van der Waals surface area contributed by atoms with Crippen LogP contribution in [0.5, 0.6) is 0 Å². The van der Waals surface area contributed by atoms with Crippen LogP contribution in [0.3, 0.4) is 0 Å². The summed E-state index contributed by atoms with van der Waals surface area (Å²) in [6, 6.07) is 0. The average molecular weight is 465 g/mol. The first-order chi connectivity index (χ1) is 15.8. The Morgan fingerprint density at radius 3 is 1.06 bits per heavy atom. The van der Waals surface area contributed by atoms with Gasteiger partial charge in [-0.1, -0.05) is 20.8 Å². The quantitative estimate of drug-likeness (QED) is 0.172. The fourth-order valence-corrected chi connectivity index (χ4v) is 3.11. The maximum atomic E-state index is 5.72. The summed E-state index contributed by atoms with van der Waals surface area (Å²) >= 11 is 0. The number of nitrogens with zero attached hydrogens (tertiary/aromatic N) is 2. The van der Waals surface area contributed by atoms with Crippen LogP contribution in [-0.4, -0.2) is 129 Å². The average Bonchev–Trinajstić information content (AvgIpc) is 2.80. The number of ether oxygens (including phenoxy) is 6. The molecule has 194 valence electrons. The molecule has 0 bridgehead atoms. The van der Waals surface area contributed by atoms with E-state index < -0.39 is 0 Å². The van der Waals surface area contributed by atoms with Gasteiger partial charge in [0.05, 0.1) is 66.1 Å². The van der Waals surface area contributed by atoms with Crippen LogP contribution in [0.25, 0.3) is 0 Å². The Hall–Kier alpha value is -0.320. The molecule has 0 fully saturated rings. The second-order valence-corrected chi connectivity index (χ2v) is 7.74. The molecule has 0 unspecified atom stereocenters. The third kappa shape index (κ3) is 22.9. The Morgan fingerprint density at radius 1 is 0.375 bits per heavy atom. The van der Waals surface area contributed by atoms with Crippen LogP contribution in [0.4, 0.5) is 0 Å². The van der Waals surface area contributed by atoms with Gasteiger partial charge in [0, 0.05) is 39.9 Å². The van der Waals surface area contributed by atoms with E-state index in [-0.39, 0.29) is 0 Å². The fraction of sp³-hybridized carbons (Fsp3) is 1.00. The molecule has 0 aliphatic carbocycles. The van der Waals surface area contributed by atoms with Gasteiger partial charge in [0.15, 0.2) is 0 Å². The first-order valence-electron chi connectivity index (χ1n) is 12.6. The van der Waals surface area contributed by atoms with E-state index in [9.17, 15) is 0 Å². The zero-order valence-corrected chi connectivity index (χ0v) is 21.5. The van der Waals surface area contributed by atoms with Crippen molar-refractivity contribution in [2.45, 2.75) is 40.0 Å². The molecule has 0 radical (unpaired) electrons. The maximum absolute atomic E-state index is 5.72. The molecule has 0 spiro atoms. The van der Waals surface area contributed by atoms with Gasteiger partial charge in [-0.25, -0.2) is 0 Å². The van der Waals surface area contributed by atoms with Gasteiger partial charge >= 0.3 is 0 Å². The number of rotatable bonds is 27. The lowest BCUT2D eigenvalue weighted by molar-refractivity contribution is 0.00365. The zero-order chi connectivity index (χ0) is 23.5. The van der Waals surface area contributed by atoms with Crippen molar-refractivity contribution in [3.63, 3.8) is 0 Å². The van der Waals surface area contributed by atoms with E-state index in [1.165, 1.54) is 0 Å². The first-order valence-corrected chi connectivity index (χ1v) is 12.6. The first kappa shape index (κ1) is 31.7. The van der Waals surface area contributed by atoms with Crippen molar-refractivity contribution in [1.29, 1.82) is 0 Å². The van der Waals surface area contributed by atoms with Gasteiger partial charge in [0.1, 0.15) is 0 Å². The molecule has 0 rings (SSSR count). The van der Waals surface area contributed by atoms with Crippen molar-refractivity contribution < 1.29 is 28.4 Å². The predicted molar refractivity (Wildman–Crippen MR) is 130 cm³/mol. The highest BCUT2D eigenvalue weighted by Gasteiger charge is 2.05. The van der Waals surface area contributed by atoms with Crippen molar-refractivity contribution in [1.82, 2.24) is 9.80 Å². The van der Waals surface area contributed by atoms with E-state index in [4.69, 9.17) is 28.4 Å². The lowest BCUT2D eigenvalue weighted by Gasteiger charge is -2.21. The van der Waals surface area contributed by atoms with E-state index in [1.54, 1.807) is 7.11 Å². The lowest BCUT2D eigenvalue weighted by atomic mass is 10.4. The fourth-order valence-electron chi connectivity index (χ4n) is 3.11. The van der Waals surface area contributed by atoms with E-state index in [2.05, 4.69) is 30.6 Å². The van der Waals surface area contributed by atoms with Crippen LogP contribution in [-0.2, 0) is 28.4 Å². The highest BCUT2D eigenvalue weighted by atomic mass is 16.5. The summed E-state index contributed by atoms with van der Waals surface area (Å²) in [5.41, 5.74) is 0. The highest BCUT2D eigenvalue weighted by Crippen LogP contribution is 1.94. The van der Waals surface area contributed by atoms with E-state index in [1.807, 2.05) is 0 Å².